The highest BCUT2D eigenvalue weighted by Gasteiger charge is 2.29. The predicted octanol–water partition coefficient (Wildman–Crippen LogP) is 3.98. The second kappa shape index (κ2) is 13.3. The van der Waals surface area contributed by atoms with Gasteiger partial charge >= 0.3 is 19.8 Å². The number of guanidine groups is 1. The van der Waals surface area contributed by atoms with Crippen LogP contribution in [-0.4, -0.2) is 47.2 Å². The molecule has 0 fully saturated rings. The van der Waals surface area contributed by atoms with E-state index in [2.05, 4.69) is 15.4 Å². The molecular formula is C28H31N4O7P. The van der Waals surface area contributed by atoms with Crippen LogP contribution in [0.3, 0.4) is 0 Å². The Kier molecular flexibility index (Phi) is 9.55. The Balaban J connectivity index is 1.22. The Bertz CT molecular complexity index is 1370. The summed E-state index contributed by atoms with van der Waals surface area (Å²) in [6.45, 7) is 0.0106. The molecule has 210 valence electrons. The van der Waals surface area contributed by atoms with Gasteiger partial charge < -0.3 is 25.8 Å². The molecule has 1 unspecified atom stereocenters. The van der Waals surface area contributed by atoms with Crippen molar-refractivity contribution in [3.05, 3.63) is 95.6 Å². The molecule has 12 heteroatoms. The van der Waals surface area contributed by atoms with Crippen molar-refractivity contribution in [1.82, 2.24) is 10.4 Å². The number of aliphatic carboxylic acids is 1. The first-order valence-corrected chi connectivity index (χ1v) is 14.2. The lowest BCUT2D eigenvalue weighted by molar-refractivity contribution is -0.139. The van der Waals surface area contributed by atoms with E-state index >= 15 is 0 Å². The van der Waals surface area contributed by atoms with Gasteiger partial charge in [0.1, 0.15) is 12.6 Å². The molecule has 0 radical (unpaired) electrons. The minimum absolute atomic E-state index is 0.0393. The average molecular weight is 567 g/mol. The van der Waals surface area contributed by atoms with Gasteiger partial charge in [0.2, 0.25) is 0 Å². The summed E-state index contributed by atoms with van der Waals surface area (Å²) in [4.78, 5) is 38.0. The molecule has 0 heterocycles. The molecule has 2 atom stereocenters. The quantitative estimate of drug-likeness (QED) is 0.0941. The summed E-state index contributed by atoms with van der Waals surface area (Å²) in [6, 6.07) is 23.5. The lowest BCUT2D eigenvalue weighted by atomic mass is 9.98. The van der Waals surface area contributed by atoms with Gasteiger partial charge in [-0.3, -0.25) is 14.6 Å². The normalized spacial score (nSPS) is 14.9. The summed E-state index contributed by atoms with van der Waals surface area (Å²) in [5.74, 6) is -1.70. The highest BCUT2D eigenvalue weighted by molar-refractivity contribution is 7.51. The van der Waals surface area contributed by atoms with Gasteiger partial charge in [-0.15, -0.1) is 0 Å². The van der Waals surface area contributed by atoms with E-state index in [-0.39, 0.29) is 44.5 Å². The predicted molar refractivity (Wildman–Crippen MR) is 150 cm³/mol. The van der Waals surface area contributed by atoms with Crippen LogP contribution in [0.4, 0.5) is 4.79 Å². The summed E-state index contributed by atoms with van der Waals surface area (Å²) in [6.07, 6.45) is -0.572. The standard InChI is InChI=1S/C28H31N4O7P/c29-27(32-40(36,37)39-17-19-9-2-1-3-10-19)30-16-8-15-25(26(33)34)31-28(35)38-18-24-22-13-6-4-11-20(22)21-12-5-7-14-23(21)24/h1-7,9-14,24-25H,8,15-18H2,(H,31,35)(H,33,34)(H4,29,30,32,36,37)/t25-/m0/s1. The van der Waals surface area contributed by atoms with E-state index in [1.807, 2.05) is 54.6 Å². The number of alkyl carbamates (subject to hydrolysis) is 1. The van der Waals surface area contributed by atoms with Crippen LogP contribution >= 0.6 is 7.75 Å². The van der Waals surface area contributed by atoms with E-state index in [0.29, 0.717) is 5.56 Å². The number of fused-ring (bicyclic) bond motifs is 3. The molecular weight excluding hydrogens is 535 g/mol. The smallest absolute Gasteiger partial charge is 0.432 e. The van der Waals surface area contributed by atoms with Gasteiger partial charge in [0, 0.05) is 12.5 Å². The minimum Gasteiger partial charge on any atom is -0.480 e. The average Bonchev–Trinajstić information content (AvgIpc) is 3.26. The van der Waals surface area contributed by atoms with Crippen molar-refractivity contribution in [3.63, 3.8) is 0 Å². The fraction of sp³-hybridized carbons (Fsp3) is 0.250. The third-order valence-electron chi connectivity index (χ3n) is 6.37. The van der Waals surface area contributed by atoms with Crippen LogP contribution in [0.2, 0.25) is 0 Å². The second-order valence-corrected chi connectivity index (χ2v) is 10.7. The van der Waals surface area contributed by atoms with Gasteiger partial charge in [-0.2, -0.15) is 0 Å². The van der Waals surface area contributed by atoms with E-state index in [4.69, 9.17) is 15.0 Å². The van der Waals surface area contributed by atoms with Gasteiger partial charge in [-0.25, -0.2) is 14.2 Å². The Morgan fingerprint density at radius 3 is 2.20 bits per heavy atom. The van der Waals surface area contributed by atoms with E-state index < -0.39 is 25.9 Å². The maximum atomic E-state index is 12.5. The summed E-state index contributed by atoms with van der Waals surface area (Å²) in [5, 5.41) is 14.1. The lowest BCUT2D eigenvalue weighted by Gasteiger charge is -2.17. The molecule has 0 aromatic heterocycles. The Labute approximate surface area is 231 Å². The maximum Gasteiger partial charge on any atom is 0.432 e. The number of carboxylic acid groups (broad SMARTS) is 1. The Hall–Kier alpha value is -4.18. The van der Waals surface area contributed by atoms with Crippen molar-refractivity contribution in [1.29, 1.82) is 0 Å². The molecule has 1 aliphatic rings. The van der Waals surface area contributed by atoms with Crippen LogP contribution in [-0.2, 0) is 25.2 Å². The number of carbonyl (C=O) groups excluding carboxylic acids is 1. The number of nitrogens with two attached hydrogens (primary N) is 1. The topological polar surface area (TPSA) is 173 Å². The van der Waals surface area contributed by atoms with Crippen molar-refractivity contribution in [2.75, 3.05) is 13.2 Å². The summed E-state index contributed by atoms with van der Waals surface area (Å²) >= 11 is 0. The molecule has 0 saturated heterocycles. The first-order chi connectivity index (χ1) is 19.2. The summed E-state index contributed by atoms with van der Waals surface area (Å²) in [7, 11) is -4.25. The molecule has 40 heavy (non-hydrogen) atoms. The van der Waals surface area contributed by atoms with Crippen LogP contribution < -0.4 is 16.1 Å². The fourth-order valence-electron chi connectivity index (χ4n) is 4.48. The molecule has 1 amide bonds. The van der Waals surface area contributed by atoms with Crippen molar-refractivity contribution in [2.45, 2.75) is 31.4 Å². The van der Waals surface area contributed by atoms with E-state index in [1.54, 1.807) is 24.3 Å². The number of aliphatic imine (C=N–C) groups is 1. The van der Waals surface area contributed by atoms with Crippen LogP contribution in [0.25, 0.3) is 11.1 Å². The minimum atomic E-state index is -4.25. The monoisotopic (exact) mass is 566 g/mol. The molecule has 3 aromatic rings. The van der Waals surface area contributed by atoms with Crippen molar-refractivity contribution in [3.8, 4) is 11.1 Å². The number of carbonyl (C=O) groups is 2. The van der Waals surface area contributed by atoms with Gasteiger partial charge in [-0.1, -0.05) is 78.9 Å². The largest absolute Gasteiger partial charge is 0.480 e. The van der Waals surface area contributed by atoms with Crippen molar-refractivity contribution < 1.29 is 33.4 Å². The molecule has 1 aliphatic carbocycles. The van der Waals surface area contributed by atoms with Crippen LogP contribution in [0.1, 0.15) is 35.4 Å². The zero-order valence-electron chi connectivity index (χ0n) is 21.6. The highest BCUT2D eigenvalue weighted by atomic mass is 31.2. The molecule has 11 nitrogen and oxygen atoms in total. The number of nitrogens with zero attached hydrogens (tertiary/aromatic N) is 1. The Morgan fingerprint density at radius 1 is 0.975 bits per heavy atom. The van der Waals surface area contributed by atoms with Crippen LogP contribution in [0.15, 0.2) is 83.9 Å². The van der Waals surface area contributed by atoms with E-state index in [0.717, 1.165) is 22.3 Å². The molecule has 0 spiro atoms. The SMILES string of the molecule is NC(=NCCC[C@H](NC(=O)OCC1c2ccccc2-c2ccccc21)C(=O)O)NP(=O)(O)OCc1ccccc1. The number of carboxylic acids is 1. The van der Waals surface area contributed by atoms with Crippen molar-refractivity contribution >= 4 is 25.8 Å². The molecule has 6 N–H and O–H groups in total. The number of benzene rings is 3. The van der Waals surface area contributed by atoms with Gasteiger partial charge in [0.25, 0.3) is 0 Å². The summed E-state index contributed by atoms with van der Waals surface area (Å²) < 4.78 is 22.6. The molecule has 0 bridgehead atoms. The number of hydrogen-bond acceptors (Lipinski definition) is 6. The van der Waals surface area contributed by atoms with Gasteiger partial charge in [0.05, 0.1) is 6.61 Å². The number of amides is 1. The zero-order chi connectivity index (χ0) is 28.5. The first-order valence-electron chi connectivity index (χ1n) is 12.7. The lowest BCUT2D eigenvalue weighted by Crippen LogP contribution is -2.41. The number of nitrogens with one attached hydrogen (secondary N) is 2. The second-order valence-electron chi connectivity index (χ2n) is 9.16. The number of ether oxygens (including phenoxy) is 1. The molecule has 0 saturated carbocycles. The fourth-order valence-corrected chi connectivity index (χ4v) is 5.23. The number of rotatable bonds is 12. The molecule has 4 rings (SSSR count). The Morgan fingerprint density at radius 2 is 1.57 bits per heavy atom. The maximum absolute atomic E-state index is 12.5. The molecule has 3 aromatic carbocycles. The number of hydrogen-bond donors (Lipinski definition) is 5. The van der Waals surface area contributed by atoms with Crippen molar-refractivity contribution in [2.24, 2.45) is 10.7 Å². The highest BCUT2D eigenvalue weighted by Crippen LogP contribution is 2.44. The first kappa shape index (κ1) is 28.8. The van der Waals surface area contributed by atoms with Crippen LogP contribution in [0, 0.1) is 0 Å². The van der Waals surface area contributed by atoms with E-state index in [9.17, 15) is 24.2 Å². The zero-order valence-corrected chi connectivity index (χ0v) is 22.5. The molecule has 0 aliphatic heterocycles. The van der Waals surface area contributed by atoms with E-state index in [1.165, 1.54) is 0 Å². The summed E-state index contributed by atoms with van der Waals surface area (Å²) in [5.41, 5.74) is 10.7. The van der Waals surface area contributed by atoms with Crippen LogP contribution in [0.5, 0.6) is 0 Å². The van der Waals surface area contributed by atoms with Gasteiger partial charge in [0.15, 0.2) is 5.96 Å². The third kappa shape index (κ3) is 7.69. The van der Waals surface area contributed by atoms with Gasteiger partial charge in [-0.05, 0) is 40.7 Å². The third-order valence-corrected chi connectivity index (χ3v) is 7.36.